The van der Waals surface area contributed by atoms with E-state index in [-0.39, 0.29) is 11.3 Å². The van der Waals surface area contributed by atoms with Crippen molar-refractivity contribution in [1.82, 2.24) is 9.78 Å². The molecule has 0 unspecified atom stereocenters. The van der Waals surface area contributed by atoms with Crippen LogP contribution < -0.4 is 10.2 Å². The van der Waals surface area contributed by atoms with Crippen molar-refractivity contribution in [3.05, 3.63) is 45.6 Å². The number of hydrogen-bond donors (Lipinski definition) is 1. The number of aryl methyl sites for hydroxylation is 2. The molecule has 0 atom stereocenters. The van der Waals surface area contributed by atoms with Crippen molar-refractivity contribution in [3.63, 3.8) is 0 Å². The quantitative estimate of drug-likeness (QED) is 0.437. The molecule has 30 heavy (non-hydrogen) atoms. The first-order valence-electron chi connectivity index (χ1n) is 9.75. The lowest BCUT2D eigenvalue weighted by atomic mass is 9.98. The second kappa shape index (κ2) is 8.93. The lowest BCUT2D eigenvalue weighted by Gasteiger charge is -2.33. The van der Waals surface area contributed by atoms with Gasteiger partial charge in [0.25, 0.3) is 11.6 Å². The van der Waals surface area contributed by atoms with E-state index in [0.717, 1.165) is 31.6 Å². The molecule has 2 aromatic rings. The molecule has 1 aliphatic heterocycles. The van der Waals surface area contributed by atoms with Gasteiger partial charge in [-0.15, -0.1) is 0 Å². The standard InChI is InChI=1S/C20H25N5O5/c1-13-6-8-24(9-7-13)17-5-4-15(25(28)29)11-16(17)20(27)30-12-19(26)21-18-10-14(2)22-23(18)3/h4-5,10-11,13H,6-9,12H2,1-3H3,(H,21,26). The number of rotatable bonds is 6. The van der Waals surface area contributed by atoms with Crippen molar-refractivity contribution >= 4 is 29.1 Å². The molecule has 160 valence electrons. The second-order valence-electron chi connectivity index (χ2n) is 7.55. The van der Waals surface area contributed by atoms with E-state index in [1.165, 1.54) is 16.8 Å². The van der Waals surface area contributed by atoms with Crippen molar-refractivity contribution in [2.75, 3.05) is 29.9 Å². The largest absolute Gasteiger partial charge is 0.452 e. The number of amides is 1. The number of nitrogens with one attached hydrogen (secondary N) is 1. The third-order valence-electron chi connectivity index (χ3n) is 5.14. The van der Waals surface area contributed by atoms with E-state index in [9.17, 15) is 19.7 Å². The van der Waals surface area contributed by atoms with Crippen LogP contribution in [-0.2, 0) is 16.6 Å². The lowest BCUT2D eigenvalue weighted by molar-refractivity contribution is -0.384. The molecular formula is C20H25N5O5. The summed E-state index contributed by atoms with van der Waals surface area (Å²) >= 11 is 0. The Hall–Kier alpha value is -3.43. The van der Waals surface area contributed by atoms with E-state index < -0.39 is 23.4 Å². The summed E-state index contributed by atoms with van der Waals surface area (Å²) in [6, 6.07) is 5.85. The molecule has 2 heterocycles. The molecule has 1 aliphatic rings. The summed E-state index contributed by atoms with van der Waals surface area (Å²) in [6.45, 7) is 4.95. The first-order valence-corrected chi connectivity index (χ1v) is 9.75. The van der Waals surface area contributed by atoms with Crippen LogP contribution in [0.4, 0.5) is 17.2 Å². The van der Waals surface area contributed by atoms with Gasteiger partial charge in [-0.25, -0.2) is 4.79 Å². The van der Waals surface area contributed by atoms with Gasteiger partial charge in [0.15, 0.2) is 6.61 Å². The summed E-state index contributed by atoms with van der Waals surface area (Å²) < 4.78 is 6.67. The molecule has 0 bridgehead atoms. The van der Waals surface area contributed by atoms with Gasteiger partial charge in [0, 0.05) is 38.3 Å². The Balaban J connectivity index is 1.73. The number of carbonyl (C=O) groups is 2. The Labute approximate surface area is 174 Å². The van der Waals surface area contributed by atoms with Gasteiger partial charge in [0.2, 0.25) is 0 Å². The van der Waals surface area contributed by atoms with Gasteiger partial charge >= 0.3 is 5.97 Å². The summed E-state index contributed by atoms with van der Waals surface area (Å²) in [7, 11) is 1.68. The number of hydrogen-bond acceptors (Lipinski definition) is 7. The topological polar surface area (TPSA) is 120 Å². The fourth-order valence-electron chi connectivity index (χ4n) is 3.44. The molecule has 1 amide bonds. The van der Waals surface area contributed by atoms with Crippen LogP contribution in [0.3, 0.4) is 0 Å². The number of nitro benzene ring substituents is 1. The Morgan fingerprint density at radius 1 is 1.30 bits per heavy atom. The first-order chi connectivity index (χ1) is 14.2. The monoisotopic (exact) mass is 415 g/mol. The molecule has 0 radical (unpaired) electrons. The molecule has 1 saturated heterocycles. The maximum atomic E-state index is 12.7. The highest BCUT2D eigenvalue weighted by Crippen LogP contribution is 2.29. The number of aromatic nitrogens is 2. The van der Waals surface area contributed by atoms with E-state index in [2.05, 4.69) is 17.3 Å². The average Bonchev–Trinajstić information content (AvgIpc) is 3.02. The van der Waals surface area contributed by atoms with Crippen LogP contribution in [0, 0.1) is 23.0 Å². The van der Waals surface area contributed by atoms with E-state index in [1.807, 2.05) is 4.90 Å². The third-order valence-corrected chi connectivity index (χ3v) is 5.14. The smallest absolute Gasteiger partial charge is 0.341 e. The fourth-order valence-corrected chi connectivity index (χ4v) is 3.44. The normalized spacial score (nSPS) is 14.4. The summed E-state index contributed by atoms with van der Waals surface area (Å²) in [5.41, 5.74) is 1.20. The molecule has 1 aromatic heterocycles. The number of ether oxygens (including phenoxy) is 1. The van der Waals surface area contributed by atoms with Crippen molar-refractivity contribution in [1.29, 1.82) is 0 Å². The minimum atomic E-state index is -0.774. The average molecular weight is 415 g/mol. The summed E-state index contributed by atoms with van der Waals surface area (Å²) in [4.78, 5) is 37.5. The number of esters is 1. The molecule has 0 saturated carbocycles. The number of nitro groups is 1. The van der Waals surface area contributed by atoms with E-state index in [0.29, 0.717) is 17.4 Å². The van der Waals surface area contributed by atoms with Crippen molar-refractivity contribution in [2.45, 2.75) is 26.7 Å². The van der Waals surface area contributed by atoms with E-state index in [1.54, 1.807) is 26.1 Å². The summed E-state index contributed by atoms with van der Waals surface area (Å²) in [5.74, 6) is -0.227. The van der Waals surface area contributed by atoms with Crippen LogP contribution in [0.15, 0.2) is 24.3 Å². The minimum absolute atomic E-state index is 0.0860. The molecule has 1 fully saturated rings. The van der Waals surface area contributed by atoms with Gasteiger partial charge in [0.1, 0.15) is 5.82 Å². The van der Waals surface area contributed by atoms with Crippen LogP contribution in [0.2, 0.25) is 0 Å². The van der Waals surface area contributed by atoms with Gasteiger partial charge in [-0.2, -0.15) is 5.10 Å². The Bertz CT molecular complexity index is 962. The number of piperidine rings is 1. The molecule has 3 rings (SSSR count). The summed E-state index contributed by atoms with van der Waals surface area (Å²) in [5, 5.41) is 17.9. The lowest BCUT2D eigenvalue weighted by Crippen LogP contribution is -2.34. The minimum Gasteiger partial charge on any atom is -0.452 e. The molecule has 1 N–H and O–H groups in total. The SMILES string of the molecule is Cc1cc(NC(=O)COC(=O)c2cc([N+](=O)[O-])ccc2N2CCC(C)CC2)n(C)n1. The summed E-state index contributed by atoms with van der Waals surface area (Å²) in [6.07, 6.45) is 1.94. The molecular weight excluding hydrogens is 390 g/mol. The maximum Gasteiger partial charge on any atom is 0.341 e. The predicted molar refractivity (Wildman–Crippen MR) is 111 cm³/mol. The third kappa shape index (κ3) is 4.94. The van der Waals surface area contributed by atoms with Crippen LogP contribution >= 0.6 is 0 Å². The Kier molecular flexibility index (Phi) is 6.34. The van der Waals surface area contributed by atoms with Crippen LogP contribution in [0.25, 0.3) is 0 Å². The van der Waals surface area contributed by atoms with Crippen molar-refractivity contribution < 1.29 is 19.2 Å². The van der Waals surface area contributed by atoms with E-state index >= 15 is 0 Å². The van der Waals surface area contributed by atoms with Gasteiger partial charge in [-0.1, -0.05) is 6.92 Å². The number of carbonyl (C=O) groups excluding carboxylic acids is 2. The van der Waals surface area contributed by atoms with Crippen molar-refractivity contribution in [3.8, 4) is 0 Å². The molecule has 0 spiro atoms. The highest BCUT2D eigenvalue weighted by molar-refractivity contribution is 5.99. The first kappa shape index (κ1) is 21.3. The highest BCUT2D eigenvalue weighted by atomic mass is 16.6. The predicted octanol–water partition coefficient (Wildman–Crippen LogP) is 2.67. The highest BCUT2D eigenvalue weighted by Gasteiger charge is 2.25. The van der Waals surface area contributed by atoms with E-state index in [4.69, 9.17) is 4.74 Å². The Morgan fingerprint density at radius 3 is 2.60 bits per heavy atom. The fraction of sp³-hybridized carbons (Fsp3) is 0.450. The number of nitrogens with zero attached hydrogens (tertiary/aromatic N) is 4. The number of non-ortho nitro benzene ring substituents is 1. The Morgan fingerprint density at radius 2 is 2.00 bits per heavy atom. The van der Waals surface area contributed by atoms with Crippen LogP contribution in [-0.4, -0.2) is 46.3 Å². The number of benzene rings is 1. The van der Waals surface area contributed by atoms with Gasteiger partial charge in [0.05, 0.1) is 21.9 Å². The van der Waals surface area contributed by atoms with Crippen molar-refractivity contribution in [2.24, 2.45) is 13.0 Å². The molecule has 10 heteroatoms. The van der Waals surface area contributed by atoms with Crippen LogP contribution in [0.1, 0.15) is 35.8 Å². The zero-order chi connectivity index (χ0) is 21.8. The zero-order valence-electron chi connectivity index (χ0n) is 17.3. The van der Waals surface area contributed by atoms with Gasteiger partial charge in [-0.05, 0) is 31.7 Å². The molecule has 0 aliphatic carbocycles. The second-order valence-corrected chi connectivity index (χ2v) is 7.55. The van der Waals surface area contributed by atoms with Gasteiger partial charge in [-0.3, -0.25) is 19.6 Å². The molecule has 1 aromatic carbocycles. The number of anilines is 2. The van der Waals surface area contributed by atoms with Gasteiger partial charge < -0.3 is 15.0 Å². The van der Waals surface area contributed by atoms with Crippen LogP contribution in [0.5, 0.6) is 0 Å². The maximum absolute atomic E-state index is 12.7. The molecule has 10 nitrogen and oxygen atoms in total. The zero-order valence-corrected chi connectivity index (χ0v) is 17.3.